The molecule has 0 heterocycles. The van der Waals surface area contributed by atoms with Gasteiger partial charge in [-0.1, -0.05) is 154 Å². The van der Waals surface area contributed by atoms with Crippen LogP contribution in [0.3, 0.4) is 0 Å². The van der Waals surface area contributed by atoms with Crippen LogP contribution in [0.1, 0.15) is 153 Å². The van der Waals surface area contributed by atoms with Crippen molar-refractivity contribution >= 4 is 11.4 Å². The van der Waals surface area contributed by atoms with Crippen LogP contribution in [0.2, 0.25) is 0 Å². The fourth-order valence-electron chi connectivity index (χ4n) is 6.11. The number of aryl methyl sites for hydroxylation is 2. The van der Waals surface area contributed by atoms with E-state index in [0.29, 0.717) is 0 Å². The molecule has 0 fully saturated rings. The van der Waals surface area contributed by atoms with Crippen molar-refractivity contribution in [2.45, 2.75) is 155 Å². The van der Waals surface area contributed by atoms with Gasteiger partial charge in [-0.2, -0.15) is 10.2 Å². The first-order valence-corrected chi connectivity index (χ1v) is 19.2. The lowest BCUT2D eigenvalue weighted by molar-refractivity contribution is 0.556. The molecule has 0 bridgehead atoms. The molecule has 0 spiro atoms. The maximum absolute atomic E-state index is 13.0. The Morgan fingerprint density at radius 3 is 1.23 bits per heavy atom. The van der Waals surface area contributed by atoms with Gasteiger partial charge in [0.25, 0.3) is 0 Å². The van der Waals surface area contributed by atoms with Gasteiger partial charge in [0, 0.05) is 0 Å². The Morgan fingerprint density at radius 2 is 0.812 bits per heavy atom. The Morgan fingerprint density at radius 1 is 0.438 bits per heavy atom. The number of benzene rings is 3. The molecule has 0 unspecified atom stereocenters. The van der Waals surface area contributed by atoms with Crippen molar-refractivity contribution in [1.29, 1.82) is 0 Å². The Labute approximate surface area is 289 Å². The number of anilines is 2. The summed E-state index contributed by atoms with van der Waals surface area (Å²) in [7, 11) is 0. The number of nitrogens with zero attached hydrogens (tertiary/aromatic N) is 2. The summed E-state index contributed by atoms with van der Waals surface area (Å²) in [5.74, 6) is 0. The van der Waals surface area contributed by atoms with E-state index in [1.54, 1.807) is 0 Å². The predicted molar refractivity (Wildman–Crippen MR) is 204 cm³/mol. The molecule has 0 atom stereocenters. The van der Waals surface area contributed by atoms with Gasteiger partial charge in [0.2, 0.25) is 10.9 Å². The lowest BCUT2D eigenvalue weighted by Gasteiger charge is -2.05. The zero-order valence-corrected chi connectivity index (χ0v) is 30.0. The van der Waals surface area contributed by atoms with Crippen LogP contribution in [-0.2, 0) is 12.8 Å². The molecular formula is C42H62N4O2. The van der Waals surface area contributed by atoms with E-state index >= 15 is 0 Å². The summed E-state index contributed by atoms with van der Waals surface area (Å²) in [5, 5.41) is 8.42. The molecule has 0 aliphatic heterocycles. The third-order valence-corrected chi connectivity index (χ3v) is 9.22. The number of hydrogen-bond acceptors (Lipinski definition) is 6. The van der Waals surface area contributed by atoms with Gasteiger partial charge >= 0.3 is 0 Å². The molecule has 0 saturated carbocycles. The van der Waals surface area contributed by atoms with Crippen molar-refractivity contribution in [3.63, 3.8) is 0 Å². The Hall–Kier alpha value is -3.54. The van der Waals surface area contributed by atoms with E-state index in [0.717, 1.165) is 24.2 Å². The zero-order chi connectivity index (χ0) is 34.1. The number of rotatable bonds is 26. The van der Waals surface area contributed by atoms with Crippen molar-refractivity contribution in [3.8, 4) is 0 Å². The highest BCUT2D eigenvalue weighted by Gasteiger charge is 2.03. The molecular weight excluding hydrogens is 592 g/mol. The van der Waals surface area contributed by atoms with Gasteiger partial charge in [0.1, 0.15) is 5.36 Å². The Balaban J connectivity index is 1.40. The molecule has 0 aromatic heterocycles. The second-order valence-corrected chi connectivity index (χ2v) is 13.5. The summed E-state index contributed by atoms with van der Waals surface area (Å²) in [5.41, 5.74) is 9.04. The van der Waals surface area contributed by atoms with Crippen molar-refractivity contribution in [2.75, 3.05) is 10.9 Å². The summed E-state index contributed by atoms with van der Waals surface area (Å²) < 4.78 is 0. The SMILES string of the molecule is CCCCCCCCCCCCc1ccc(N/N=c2\ccc(=O)/c(=N\Nc3ccc(CCCCCCCCCCCC)cc3)c2=O)cc1. The lowest BCUT2D eigenvalue weighted by atomic mass is 10.0. The van der Waals surface area contributed by atoms with Gasteiger partial charge in [0.15, 0.2) is 5.36 Å². The van der Waals surface area contributed by atoms with Crippen LogP contribution < -0.4 is 32.4 Å². The molecule has 0 aliphatic carbocycles. The number of hydrogen-bond donors (Lipinski definition) is 2. The van der Waals surface area contributed by atoms with E-state index < -0.39 is 10.9 Å². The van der Waals surface area contributed by atoms with Crippen molar-refractivity contribution in [3.05, 3.63) is 103 Å². The second kappa shape index (κ2) is 24.6. The van der Waals surface area contributed by atoms with Crippen LogP contribution in [0.15, 0.2) is 80.5 Å². The minimum Gasteiger partial charge on any atom is -0.287 e. The molecule has 262 valence electrons. The molecule has 3 rings (SSSR count). The fourth-order valence-corrected chi connectivity index (χ4v) is 6.11. The maximum Gasteiger partial charge on any atom is 0.237 e. The van der Waals surface area contributed by atoms with E-state index in [-0.39, 0.29) is 10.7 Å². The summed E-state index contributed by atoms with van der Waals surface area (Å²) in [6.45, 7) is 4.53. The third kappa shape index (κ3) is 16.0. The summed E-state index contributed by atoms with van der Waals surface area (Å²) >= 11 is 0. The monoisotopic (exact) mass is 654 g/mol. The Bertz CT molecular complexity index is 1490. The molecule has 2 N–H and O–H groups in total. The maximum atomic E-state index is 13.0. The highest BCUT2D eigenvalue weighted by molar-refractivity contribution is 5.44. The van der Waals surface area contributed by atoms with E-state index in [1.165, 1.54) is 152 Å². The average Bonchev–Trinajstić information content (AvgIpc) is 3.10. The minimum atomic E-state index is -0.502. The van der Waals surface area contributed by atoms with E-state index in [2.05, 4.69) is 59.2 Å². The van der Waals surface area contributed by atoms with Crippen LogP contribution in [0.25, 0.3) is 0 Å². The summed E-state index contributed by atoms with van der Waals surface area (Å²) in [6, 6.07) is 19.0. The molecule has 3 aromatic carbocycles. The second-order valence-electron chi connectivity index (χ2n) is 13.5. The first-order valence-electron chi connectivity index (χ1n) is 19.2. The topological polar surface area (TPSA) is 82.9 Å². The van der Waals surface area contributed by atoms with Crippen LogP contribution >= 0.6 is 0 Å². The largest absolute Gasteiger partial charge is 0.287 e. The molecule has 0 amide bonds. The van der Waals surface area contributed by atoms with E-state index in [9.17, 15) is 9.59 Å². The molecule has 0 aliphatic rings. The van der Waals surface area contributed by atoms with Crippen molar-refractivity contribution in [2.24, 2.45) is 10.2 Å². The van der Waals surface area contributed by atoms with Crippen LogP contribution in [0.4, 0.5) is 11.4 Å². The smallest absolute Gasteiger partial charge is 0.237 e. The lowest BCUT2D eigenvalue weighted by Crippen LogP contribution is -2.47. The van der Waals surface area contributed by atoms with E-state index in [1.807, 2.05) is 24.3 Å². The van der Waals surface area contributed by atoms with Gasteiger partial charge in [-0.05, 0) is 73.2 Å². The third-order valence-electron chi connectivity index (χ3n) is 9.22. The van der Waals surface area contributed by atoms with Gasteiger partial charge < -0.3 is 0 Å². The fraction of sp³-hybridized carbons (Fsp3) is 0.571. The molecule has 6 nitrogen and oxygen atoms in total. The summed E-state index contributed by atoms with van der Waals surface area (Å²) in [4.78, 5) is 25.5. The van der Waals surface area contributed by atoms with Crippen LogP contribution in [0, 0.1) is 0 Å². The first kappa shape index (κ1) is 38.9. The van der Waals surface area contributed by atoms with Crippen molar-refractivity contribution < 1.29 is 0 Å². The normalized spacial score (nSPS) is 12.1. The minimum absolute atomic E-state index is 0.149. The number of nitrogens with one attached hydrogen (secondary N) is 2. The zero-order valence-electron chi connectivity index (χ0n) is 30.0. The standard InChI is InChI=1S/C42H62N4O2/c1-3-5-7-9-11-13-15-17-19-21-23-35-25-29-37(30-26-35)43-45-39-33-34-40(47)41(42(39)48)46-44-38-31-27-36(28-32-38)24-22-20-18-16-14-12-10-8-6-4-2/h25-34,43-44H,3-24H2,1-2H3/b45-39+,46-41+. The average molecular weight is 655 g/mol. The predicted octanol–water partition coefficient (Wildman–Crippen LogP) is 10.1. The number of unbranched alkanes of at least 4 members (excludes halogenated alkanes) is 18. The van der Waals surface area contributed by atoms with Gasteiger partial charge in [-0.25, -0.2) is 0 Å². The summed E-state index contributed by atoms with van der Waals surface area (Å²) in [6.07, 6.45) is 28.8. The quantitative estimate of drug-likeness (QED) is 0.0667. The highest BCUT2D eigenvalue weighted by atomic mass is 16.1. The Kier molecular flexibility index (Phi) is 19.9. The van der Waals surface area contributed by atoms with Gasteiger partial charge in [0.05, 0.1) is 11.4 Å². The van der Waals surface area contributed by atoms with Gasteiger partial charge in [-0.15, -0.1) is 0 Å². The molecule has 0 radical (unpaired) electrons. The van der Waals surface area contributed by atoms with Crippen LogP contribution in [0.5, 0.6) is 0 Å². The van der Waals surface area contributed by atoms with E-state index in [4.69, 9.17) is 0 Å². The molecule has 48 heavy (non-hydrogen) atoms. The van der Waals surface area contributed by atoms with Gasteiger partial charge in [-0.3, -0.25) is 20.4 Å². The molecule has 0 saturated heterocycles. The van der Waals surface area contributed by atoms with Crippen LogP contribution in [-0.4, -0.2) is 0 Å². The molecule has 6 heteroatoms. The van der Waals surface area contributed by atoms with Crippen molar-refractivity contribution in [1.82, 2.24) is 0 Å². The highest BCUT2D eigenvalue weighted by Crippen LogP contribution is 2.16. The first-order chi connectivity index (χ1) is 23.6. The molecule has 3 aromatic rings.